The SMILES string of the molecule is O=C1CC(=O)c2cc(C3(c4ccc5c(c4)C(=O)CC5=O)c4ccccc4-c4ccccc43)ccc21. The lowest BCUT2D eigenvalue weighted by Crippen LogP contribution is -2.29. The van der Waals surface area contributed by atoms with Gasteiger partial charge in [0.25, 0.3) is 0 Å². The van der Waals surface area contributed by atoms with E-state index in [1.807, 2.05) is 48.5 Å². The predicted octanol–water partition coefficient (Wildman–Crippen LogP) is 5.59. The molecule has 0 saturated carbocycles. The van der Waals surface area contributed by atoms with E-state index in [4.69, 9.17) is 0 Å². The van der Waals surface area contributed by atoms with Crippen molar-refractivity contribution >= 4 is 23.1 Å². The third-order valence-electron chi connectivity index (χ3n) is 7.70. The van der Waals surface area contributed by atoms with Crippen molar-refractivity contribution < 1.29 is 19.2 Å². The lowest BCUT2D eigenvalue weighted by molar-refractivity contribution is 0.0906. The summed E-state index contributed by atoms with van der Waals surface area (Å²) in [6, 6.07) is 27.4. The van der Waals surface area contributed by atoms with Crippen LogP contribution in [0.15, 0.2) is 84.9 Å². The van der Waals surface area contributed by atoms with E-state index in [1.54, 1.807) is 12.1 Å². The second kappa shape index (κ2) is 6.80. The average molecular weight is 454 g/mol. The molecule has 4 nitrogen and oxygen atoms in total. The summed E-state index contributed by atoms with van der Waals surface area (Å²) in [5.41, 5.74) is 6.94. The predicted molar refractivity (Wildman–Crippen MR) is 130 cm³/mol. The zero-order valence-electron chi connectivity index (χ0n) is 18.6. The van der Waals surface area contributed by atoms with Gasteiger partial charge in [0.05, 0.1) is 18.3 Å². The summed E-state index contributed by atoms with van der Waals surface area (Å²) in [5, 5.41) is 0. The Balaban J connectivity index is 1.61. The van der Waals surface area contributed by atoms with Crippen molar-refractivity contribution in [2.24, 2.45) is 0 Å². The molecule has 0 saturated heterocycles. The van der Waals surface area contributed by atoms with Crippen molar-refractivity contribution in [1.82, 2.24) is 0 Å². The van der Waals surface area contributed by atoms with Gasteiger partial charge in [-0.1, -0.05) is 72.8 Å². The highest BCUT2D eigenvalue weighted by Crippen LogP contribution is 2.56. The number of hydrogen-bond acceptors (Lipinski definition) is 4. The first-order chi connectivity index (χ1) is 17.0. The van der Waals surface area contributed by atoms with Crippen LogP contribution in [0, 0.1) is 0 Å². The molecule has 0 radical (unpaired) electrons. The molecule has 0 amide bonds. The van der Waals surface area contributed by atoms with Gasteiger partial charge >= 0.3 is 0 Å². The highest BCUT2D eigenvalue weighted by molar-refractivity contribution is 6.25. The van der Waals surface area contributed by atoms with Crippen LogP contribution in [0.25, 0.3) is 11.1 Å². The third-order valence-corrected chi connectivity index (χ3v) is 7.70. The van der Waals surface area contributed by atoms with Crippen LogP contribution in [0.5, 0.6) is 0 Å². The van der Waals surface area contributed by atoms with Crippen LogP contribution < -0.4 is 0 Å². The molecule has 0 aromatic heterocycles. The van der Waals surface area contributed by atoms with Crippen molar-refractivity contribution in [3.63, 3.8) is 0 Å². The Morgan fingerprint density at radius 1 is 0.429 bits per heavy atom. The van der Waals surface area contributed by atoms with E-state index < -0.39 is 5.41 Å². The maximum absolute atomic E-state index is 12.7. The quantitative estimate of drug-likeness (QED) is 0.326. The molecule has 0 spiro atoms. The number of carbonyl (C=O) groups excluding carboxylic acids is 4. The van der Waals surface area contributed by atoms with Gasteiger partial charge in [-0.05, 0) is 45.5 Å². The Morgan fingerprint density at radius 3 is 1.29 bits per heavy atom. The zero-order chi connectivity index (χ0) is 23.9. The van der Waals surface area contributed by atoms with E-state index in [0.717, 1.165) is 33.4 Å². The minimum Gasteiger partial charge on any atom is -0.294 e. The molecule has 4 aromatic carbocycles. The fourth-order valence-corrected chi connectivity index (χ4v) is 6.20. The van der Waals surface area contributed by atoms with Gasteiger partial charge in [0.2, 0.25) is 0 Å². The summed E-state index contributed by atoms with van der Waals surface area (Å²) in [5.74, 6) is -0.647. The van der Waals surface area contributed by atoms with Crippen LogP contribution in [0.2, 0.25) is 0 Å². The summed E-state index contributed by atoms with van der Waals surface area (Å²) < 4.78 is 0. The van der Waals surface area contributed by atoms with Gasteiger partial charge in [0.15, 0.2) is 23.1 Å². The van der Waals surface area contributed by atoms with E-state index in [1.165, 1.54) is 0 Å². The normalized spacial score (nSPS) is 16.8. The Labute approximate surface area is 201 Å². The highest BCUT2D eigenvalue weighted by Gasteiger charge is 2.47. The van der Waals surface area contributed by atoms with E-state index in [9.17, 15) is 19.2 Å². The lowest BCUT2D eigenvalue weighted by atomic mass is 9.67. The smallest absolute Gasteiger partial charge is 0.171 e. The summed E-state index contributed by atoms with van der Waals surface area (Å²) in [7, 11) is 0. The number of benzene rings is 4. The molecule has 4 aromatic rings. The van der Waals surface area contributed by atoms with Crippen LogP contribution in [-0.2, 0) is 5.41 Å². The van der Waals surface area contributed by atoms with E-state index in [0.29, 0.717) is 22.3 Å². The maximum atomic E-state index is 12.7. The number of ketones is 4. The number of Topliss-reactive ketones (excluding diaryl/α,β-unsaturated/α-hetero) is 4. The Bertz CT molecular complexity index is 1550. The average Bonchev–Trinajstić information content (AvgIpc) is 3.46. The summed E-state index contributed by atoms with van der Waals surface area (Å²) in [4.78, 5) is 50.1. The molecular weight excluding hydrogens is 436 g/mol. The highest BCUT2D eigenvalue weighted by atomic mass is 16.2. The van der Waals surface area contributed by atoms with Gasteiger partial charge in [0.1, 0.15) is 0 Å². The fraction of sp³-hybridized carbons (Fsp3) is 0.0968. The molecule has 4 heteroatoms. The molecule has 0 N–H and O–H groups in total. The Hall–Kier alpha value is -4.44. The largest absolute Gasteiger partial charge is 0.294 e. The molecule has 3 aliphatic rings. The molecule has 7 rings (SSSR count). The molecule has 0 heterocycles. The van der Waals surface area contributed by atoms with Gasteiger partial charge in [-0.25, -0.2) is 0 Å². The van der Waals surface area contributed by atoms with Crippen molar-refractivity contribution in [3.05, 3.63) is 129 Å². The van der Waals surface area contributed by atoms with Crippen LogP contribution in [0.4, 0.5) is 0 Å². The Kier molecular flexibility index (Phi) is 3.88. The number of fused-ring (bicyclic) bond motifs is 5. The first kappa shape index (κ1) is 20.0. The third kappa shape index (κ3) is 2.46. The minimum atomic E-state index is -0.810. The van der Waals surface area contributed by atoms with Crippen molar-refractivity contribution in [2.75, 3.05) is 0 Å². The minimum absolute atomic E-state index is 0.103. The van der Waals surface area contributed by atoms with Gasteiger partial charge in [-0.15, -0.1) is 0 Å². The van der Waals surface area contributed by atoms with E-state index in [2.05, 4.69) is 24.3 Å². The van der Waals surface area contributed by atoms with Gasteiger partial charge < -0.3 is 0 Å². The standard InChI is InChI=1S/C31H18O4/c32-27-15-29(34)23-13-17(9-11-21(23)27)31(18-10-12-22-24(14-18)30(35)16-28(22)33)25-7-3-1-5-19(25)20-6-2-4-8-26(20)31/h1-14H,15-16H2. The molecule has 3 aliphatic carbocycles. The van der Waals surface area contributed by atoms with E-state index in [-0.39, 0.29) is 36.0 Å². The van der Waals surface area contributed by atoms with Crippen LogP contribution in [0.3, 0.4) is 0 Å². The molecular formula is C31H18O4. The monoisotopic (exact) mass is 454 g/mol. The van der Waals surface area contributed by atoms with Crippen molar-refractivity contribution in [2.45, 2.75) is 18.3 Å². The first-order valence-corrected chi connectivity index (χ1v) is 11.6. The fourth-order valence-electron chi connectivity index (χ4n) is 6.20. The summed E-state index contributed by atoms with van der Waals surface area (Å²) in [6.45, 7) is 0. The van der Waals surface area contributed by atoms with E-state index >= 15 is 0 Å². The molecule has 166 valence electrons. The molecule has 0 bridgehead atoms. The van der Waals surface area contributed by atoms with Crippen LogP contribution in [-0.4, -0.2) is 23.1 Å². The second-order valence-electron chi connectivity index (χ2n) is 9.41. The van der Waals surface area contributed by atoms with Crippen molar-refractivity contribution in [3.8, 4) is 11.1 Å². The van der Waals surface area contributed by atoms with Crippen LogP contribution in [0.1, 0.15) is 76.5 Å². The second-order valence-corrected chi connectivity index (χ2v) is 9.41. The summed E-state index contributed by atoms with van der Waals surface area (Å²) >= 11 is 0. The van der Waals surface area contributed by atoms with Gasteiger partial charge in [-0.3, -0.25) is 19.2 Å². The first-order valence-electron chi connectivity index (χ1n) is 11.6. The van der Waals surface area contributed by atoms with Gasteiger partial charge in [-0.2, -0.15) is 0 Å². The zero-order valence-corrected chi connectivity index (χ0v) is 18.6. The lowest BCUT2D eigenvalue weighted by Gasteiger charge is -2.34. The molecule has 0 fully saturated rings. The maximum Gasteiger partial charge on any atom is 0.171 e. The Morgan fingerprint density at radius 2 is 0.829 bits per heavy atom. The molecule has 35 heavy (non-hydrogen) atoms. The number of carbonyl (C=O) groups is 4. The number of hydrogen-bond donors (Lipinski definition) is 0. The number of rotatable bonds is 2. The van der Waals surface area contributed by atoms with Crippen LogP contribution >= 0.6 is 0 Å². The van der Waals surface area contributed by atoms with Crippen molar-refractivity contribution in [1.29, 1.82) is 0 Å². The van der Waals surface area contributed by atoms with Gasteiger partial charge in [0, 0.05) is 22.3 Å². The molecule has 0 atom stereocenters. The summed E-state index contributed by atoms with van der Waals surface area (Å²) in [6.07, 6.45) is -0.206. The topological polar surface area (TPSA) is 68.3 Å². The molecule has 0 aliphatic heterocycles. The molecule has 0 unspecified atom stereocenters.